The SMILES string of the molecule is FC(F)(F)c1ccc(N2CCN(C(=S)COC3CCCCC3)CC2)nc1.N#Cc1ccc(N)cc1C(F)(F)F. The molecule has 0 unspecified atom stereocenters. The lowest BCUT2D eigenvalue weighted by Crippen LogP contribution is -2.49. The topological polar surface area (TPSA) is 78.4 Å². The predicted molar refractivity (Wildman–Crippen MR) is 139 cm³/mol. The van der Waals surface area contributed by atoms with Crippen molar-refractivity contribution in [2.45, 2.75) is 50.6 Å². The van der Waals surface area contributed by atoms with Crippen LogP contribution in [0.25, 0.3) is 0 Å². The van der Waals surface area contributed by atoms with E-state index in [4.69, 9.17) is 28.0 Å². The Morgan fingerprint density at radius 3 is 2.21 bits per heavy atom. The lowest BCUT2D eigenvalue weighted by molar-refractivity contribution is -0.138. The number of alkyl halides is 6. The van der Waals surface area contributed by atoms with E-state index in [0.29, 0.717) is 31.6 Å². The van der Waals surface area contributed by atoms with Crippen LogP contribution in [-0.2, 0) is 17.1 Å². The normalized spacial score (nSPS) is 16.7. The zero-order valence-electron chi connectivity index (χ0n) is 21.1. The van der Waals surface area contributed by atoms with Gasteiger partial charge in [-0.15, -0.1) is 0 Å². The molecule has 1 aliphatic heterocycles. The van der Waals surface area contributed by atoms with Gasteiger partial charge in [0.05, 0.1) is 35.5 Å². The molecule has 2 N–H and O–H groups in total. The van der Waals surface area contributed by atoms with Gasteiger partial charge in [-0.05, 0) is 43.2 Å². The molecule has 0 spiro atoms. The van der Waals surface area contributed by atoms with Crippen molar-refractivity contribution >= 4 is 28.7 Å². The third-order valence-electron chi connectivity index (χ3n) is 6.50. The molecule has 6 nitrogen and oxygen atoms in total. The summed E-state index contributed by atoms with van der Waals surface area (Å²) >= 11 is 5.50. The van der Waals surface area contributed by atoms with Crippen LogP contribution in [-0.4, -0.2) is 53.8 Å². The van der Waals surface area contributed by atoms with Crippen molar-refractivity contribution in [1.82, 2.24) is 9.88 Å². The Kier molecular flexibility index (Phi) is 10.4. The molecule has 0 atom stereocenters. The van der Waals surface area contributed by atoms with Crippen molar-refractivity contribution in [3.05, 3.63) is 53.2 Å². The fraction of sp³-hybridized carbons (Fsp3) is 0.500. The molecule has 1 saturated heterocycles. The number of hydrogen-bond acceptors (Lipinski definition) is 6. The molecule has 2 fully saturated rings. The summed E-state index contributed by atoms with van der Waals surface area (Å²) < 4.78 is 80.4. The number of anilines is 2. The summed E-state index contributed by atoms with van der Waals surface area (Å²) in [5.74, 6) is 0.571. The molecule has 2 aromatic rings. The maximum absolute atomic E-state index is 12.6. The Bertz CT molecular complexity index is 1140. The van der Waals surface area contributed by atoms with Gasteiger partial charge in [0.15, 0.2) is 0 Å². The van der Waals surface area contributed by atoms with Gasteiger partial charge in [0.2, 0.25) is 0 Å². The van der Waals surface area contributed by atoms with Crippen molar-refractivity contribution in [3.63, 3.8) is 0 Å². The Balaban J connectivity index is 0.000000272. The first-order valence-electron chi connectivity index (χ1n) is 12.4. The minimum absolute atomic E-state index is 0.00803. The number of hydrogen-bond donors (Lipinski definition) is 1. The molecule has 1 aromatic heterocycles. The number of nitrogens with zero attached hydrogens (tertiary/aromatic N) is 4. The van der Waals surface area contributed by atoms with E-state index in [1.807, 2.05) is 4.90 Å². The third kappa shape index (κ3) is 8.96. The summed E-state index contributed by atoms with van der Waals surface area (Å²) in [5, 5.41) is 8.38. The largest absolute Gasteiger partial charge is 0.417 e. The van der Waals surface area contributed by atoms with Crippen LogP contribution in [0.15, 0.2) is 36.5 Å². The fourth-order valence-corrected chi connectivity index (χ4v) is 4.58. The van der Waals surface area contributed by atoms with E-state index in [1.165, 1.54) is 37.5 Å². The van der Waals surface area contributed by atoms with Crippen molar-refractivity contribution in [2.24, 2.45) is 0 Å². The van der Waals surface area contributed by atoms with Gasteiger partial charge in [-0.2, -0.15) is 31.6 Å². The molecule has 212 valence electrons. The highest BCUT2D eigenvalue weighted by Gasteiger charge is 2.34. The number of ether oxygens (including phenoxy) is 1. The molecule has 0 bridgehead atoms. The van der Waals surface area contributed by atoms with Crippen LogP contribution in [0.2, 0.25) is 0 Å². The first-order valence-corrected chi connectivity index (χ1v) is 12.8. The summed E-state index contributed by atoms with van der Waals surface area (Å²) in [6, 6.07) is 7.03. The highest BCUT2D eigenvalue weighted by molar-refractivity contribution is 7.80. The summed E-state index contributed by atoms with van der Waals surface area (Å²) in [7, 11) is 0. The maximum Gasteiger partial charge on any atom is 0.417 e. The van der Waals surface area contributed by atoms with Crippen molar-refractivity contribution in [2.75, 3.05) is 43.4 Å². The first-order chi connectivity index (χ1) is 18.4. The van der Waals surface area contributed by atoms with E-state index in [-0.39, 0.29) is 5.69 Å². The number of halogens is 6. The number of nitriles is 1. The van der Waals surface area contributed by atoms with Gasteiger partial charge in [0, 0.05) is 38.1 Å². The molecular weight excluding hydrogens is 544 g/mol. The number of nitrogen functional groups attached to an aromatic ring is 1. The average Bonchev–Trinajstić information content (AvgIpc) is 2.92. The first kappa shape index (κ1) is 30.4. The molecule has 13 heteroatoms. The van der Waals surface area contributed by atoms with Gasteiger partial charge >= 0.3 is 12.4 Å². The lowest BCUT2D eigenvalue weighted by atomic mass is 9.98. The number of rotatable bonds is 4. The Morgan fingerprint density at radius 1 is 1.00 bits per heavy atom. The van der Waals surface area contributed by atoms with Crippen molar-refractivity contribution in [1.29, 1.82) is 5.26 Å². The molecule has 2 aliphatic rings. The minimum atomic E-state index is -4.53. The van der Waals surface area contributed by atoms with Gasteiger partial charge in [-0.3, -0.25) is 0 Å². The van der Waals surface area contributed by atoms with Crippen LogP contribution >= 0.6 is 12.2 Å². The quantitative estimate of drug-likeness (QED) is 0.271. The molecular formula is C26H29F6N5OS. The van der Waals surface area contributed by atoms with Crippen LogP contribution in [0, 0.1) is 11.3 Å². The second kappa shape index (κ2) is 13.3. The highest BCUT2D eigenvalue weighted by atomic mass is 32.1. The van der Waals surface area contributed by atoms with Crippen LogP contribution in [0.5, 0.6) is 0 Å². The second-order valence-corrected chi connectivity index (χ2v) is 9.73. The Hall–Kier alpha value is -3.11. The Morgan fingerprint density at radius 2 is 1.67 bits per heavy atom. The molecule has 2 heterocycles. The van der Waals surface area contributed by atoms with Crippen molar-refractivity contribution < 1.29 is 31.1 Å². The Labute approximate surface area is 228 Å². The number of nitrogens with two attached hydrogens (primary N) is 1. The van der Waals surface area contributed by atoms with Gasteiger partial charge in [-0.25, -0.2) is 4.98 Å². The lowest BCUT2D eigenvalue weighted by Gasteiger charge is -2.37. The standard InChI is InChI=1S/C18H24F3N3OS.C8H5F3N2/c19-18(20,21)14-6-7-16(22-12-14)23-8-10-24(11-9-23)17(26)13-25-15-4-2-1-3-5-15;9-8(10,11)7-3-6(13)2-1-5(7)4-12/h6-7,12,15H,1-5,8-11,13H2;1-3H,13H2. The molecule has 4 rings (SSSR count). The van der Waals surface area contributed by atoms with E-state index in [9.17, 15) is 26.3 Å². The van der Waals surface area contributed by atoms with Crippen LogP contribution < -0.4 is 10.6 Å². The van der Waals surface area contributed by atoms with Gasteiger partial charge in [0.1, 0.15) is 10.8 Å². The maximum atomic E-state index is 12.6. The monoisotopic (exact) mass is 573 g/mol. The molecule has 1 saturated carbocycles. The zero-order chi connectivity index (χ0) is 28.6. The molecule has 0 radical (unpaired) electrons. The second-order valence-electron chi connectivity index (χ2n) is 9.26. The molecule has 1 aromatic carbocycles. The zero-order valence-corrected chi connectivity index (χ0v) is 21.9. The number of aromatic nitrogens is 1. The van der Waals surface area contributed by atoms with Crippen molar-refractivity contribution in [3.8, 4) is 6.07 Å². The van der Waals surface area contributed by atoms with E-state index in [2.05, 4.69) is 9.88 Å². The van der Waals surface area contributed by atoms with Crippen LogP contribution in [0.1, 0.15) is 48.8 Å². The summed E-state index contributed by atoms with van der Waals surface area (Å²) in [6.45, 7) is 3.31. The fourth-order valence-electron chi connectivity index (χ4n) is 4.33. The molecule has 39 heavy (non-hydrogen) atoms. The average molecular weight is 574 g/mol. The number of thiocarbonyl (C=S) groups is 1. The van der Waals surface area contributed by atoms with E-state index in [1.54, 1.807) is 0 Å². The van der Waals surface area contributed by atoms with Gasteiger partial charge < -0.3 is 20.3 Å². The van der Waals surface area contributed by atoms with Gasteiger partial charge in [0.25, 0.3) is 0 Å². The molecule has 1 aliphatic carbocycles. The van der Waals surface area contributed by atoms with Gasteiger partial charge in [-0.1, -0.05) is 31.5 Å². The minimum Gasteiger partial charge on any atom is -0.399 e. The summed E-state index contributed by atoms with van der Waals surface area (Å²) in [4.78, 5) is 8.89. The third-order valence-corrected chi connectivity index (χ3v) is 6.87. The van der Waals surface area contributed by atoms with Crippen LogP contribution in [0.4, 0.5) is 37.8 Å². The number of pyridine rings is 1. The predicted octanol–water partition coefficient (Wildman–Crippen LogP) is 6.06. The highest BCUT2D eigenvalue weighted by Crippen LogP contribution is 2.33. The molecule has 0 amide bonds. The summed E-state index contributed by atoms with van der Waals surface area (Å²) in [5.41, 5.74) is 3.03. The smallest absolute Gasteiger partial charge is 0.399 e. The van der Waals surface area contributed by atoms with Crippen LogP contribution in [0.3, 0.4) is 0 Å². The van der Waals surface area contributed by atoms with E-state index >= 15 is 0 Å². The summed E-state index contributed by atoms with van der Waals surface area (Å²) in [6.07, 6.45) is -1.65. The van der Waals surface area contributed by atoms with E-state index in [0.717, 1.165) is 55.3 Å². The van der Waals surface area contributed by atoms with E-state index < -0.39 is 29.0 Å². The number of piperazine rings is 1. The number of benzene rings is 1.